The number of aryl methyl sites for hydroxylation is 1. The number of rotatable bonds is 6. The minimum absolute atomic E-state index is 0.0502. The summed E-state index contributed by atoms with van der Waals surface area (Å²) in [7, 11) is -3.56. The van der Waals surface area contributed by atoms with Gasteiger partial charge in [-0.1, -0.05) is 51.8 Å². The molecular weight excluding hydrogens is 446 g/mol. The van der Waals surface area contributed by atoms with Crippen LogP contribution in [0.2, 0.25) is 0 Å². The average Bonchev–Trinajstić information content (AvgIpc) is 3.09. The number of nitrogens with zero attached hydrogens (tertiary/aromatic N) is 2. The van der Waals surface area contributed by atoms with Crippen molar-refractivity contribution in [2.75, 3.05) is 13.1 Å². The van der Waals surface area contributed by atoms with Gasteiger partial charge in [-0.05, 0) is 73.6 Å². The van der Waals surface area contributed by atoms with Crippen molar-refractivity contribution < 1.29 is 13.2 Å². The standard InChI is InChI=1S/C27H39N3O3S/c1-19(2)17-22-7-10-23(21(4)18-22)11-16-34(32,33)30-14-12-27(13-15-30)26(31)28-25(29-27)24-8-5-20(3)6-9-24/h7,10-11,16,18-20,24H,5-6,8-9,12-15,17H2,1-4H3,(H,28,29,31)/b16-11+. The molecule has 1 saturated carbocycles. The number of hydrogen-bond acceptors (Lipinski definition) is 4. The zero-order chi connectivity index (χ0) is 24.5. The molecule has 0 bridgehead atoms. The fourth-order valence-corrected chi connectivity index (χ4v) is 6.67. The summed E-state index contributed by atoms with van der Waals surface area (Å²) >= 11 is 0. The highest BCUT2D eigenvalue weighted by molar-refractivity contribution is 7.92. The number of benzene rings is 1. The Morgan fingerprint density at radius 1 is 1.18 bits per heavy atom. The molecule has 0 atom stereocenters. The second-order valence-corrected chi connectivity index (χ2v) is 12.8. The molecule has 1 aromatic carbocycles. The summed E-state index contributed by atoms with van der Waals surface area (Å²) in [6.07, 6.45) is 8.05. The van der Waals surface area contributed by atoms with Gasteiger partial charge in [-0.2, -0.15) is 4.31 Å². The summed E-state index contributed by atoms with van der Waals surface area (Å²) in [5, 5.41) is 4.36. The first kappa shape index (κ1) is 25.1. The normalized spacial score (nSPS) is 25.8. The molecule has 4 rings (SSSR count). The minimum atomic E-state index is -3.56. The monoisotopic (exact) mass is 485 g/mol. The van der Waals surface area contributed by atoms with Gasteiger partial charge in [0, 0.05) is 24.4 Å². The number of piperidine rings is 1. The molecule has 7 heteroatoms. The maximum Gasteiger partial charge on any atom is 0.253 e. The van der Waals surface area contributed by atoms with E-state index in [0.717, 1.165) is 42.1 Å². The summed E-state index contributed by atoms with van der Waals surface area (Å²) < 4.78 is 27.5. The number of carbonyl (C=O) groups excluding carboxylic acids is 1. The number of amides is 1. The molecule has 1 saturated heterocycles. The van der Waals surface area contributed by atoms with Gasteiger partial charge < -0.3 is 5.32 Å². The highest BCUT2D eigenvalue weighted by Crippen LogP contribution is 2.36. The van der Waals surface area contributed by atoms with Crippen LogP contribution in [-0.4, -0.2) is 43.1 Å². The Hall–Kier alpha value is -1.99. The first-order chi connectivity index (χ1) is 16.1. The number of nitrogens with one attached hydrogen (secondary N) is 1. The third-order valence-electron chi connectivity index (χ3n) is 7.71. The van der Waals surface area contributed by atoms with Crippen molar-refractivity contribution in [3.05, 3.63) is 40.3 Å². The number of carbonyl (C=O) groups is 1. The zero-order valence-electron chi connectivity index (χ0n) is 21.0. The topological polar surface area (TPSA) is 78.8 Å². The maximum atomic E-state index is 13.0. The van der Waals surface area contributed by atoms with Crippen LogP contribution in [0.15, 0.2) is 28.6 Å². The minimum Gasteiger partial charge on any atom is -0.312 e. The van der Waals surface area contributed by atoms with Crippen LogP contribution in [0.1, 0.15) is 76.0 Å². The van der Waals surface area contributed by atoms with Gasteiger partial charge >= 0.3 is 0 Å². The molecule has 1 aromatic rings. The lowest BCUT2D eigenvalue weighted by Crippen LogP contribution is -2.50. The predicted molar refractivity (Wildman–Crippen MR) is 138 cm³/mol. The molecule has 1 N–H and O–H groups in total. The van der Waals surface area contributed by atoms with Gasteiger partial charge in [-0.3, -0.25) is 9.79 Å². The van der Waals surface area contributed by atoms with Gasteiger partial charge in [0.1, 0.15) is 11.4 Å². The Kier molecular flexibility index (Phi) is 7.34. The molecule has 0 aromatic heterocycles. The molecule has 1 aliphatic carbocycles. The Bertz CT molecular complexity index is 1070. The van der Waals surface area contributed by atoms with Gasteiger partial charge in [0.15, 0.2) is 0 Å². The molecule has 34 heavy (non-hydrogen) atoms. The number of sulfonamides is 1. The van der Waals surface area contributed by atoms with E-state index in [2.05, 4.69) is 38.2 Å². The Labute approximate surface area is 205 Å². The summed E-state index contributed by atoms with van der Waals surface area (Å²) in [6.45, 7) is 9.30. The van der Waals surface area contributed by atoms with Crippen LogP contribution in [0.3, 0.4) is 0 Å². The number of aliphatic imine (C=N–C) groups is 1. The highest BCUT2D eigenvalue weighted by atomic mass is 32.2. The van der Waals surface area contributed by atoms with E-state index in [1.807, 2.05) is 13.0 Å². The van der Waals surface area contributed by atoms with Crippen molar-refractivity contribution >= 4 is 27.8 Å². The van der Waals surface area contributed by atoms with E-state index in [1.165, 1.54) is 28.1 Å². The maximum absolute atomic E-state index is 13.0. The predicted octanol–water partition coefficient (Wildman–Crippen LogP) is 4.68. The second kappa shape index (κ2) is 9.94. The second-order valence-electron chi connectivity index (χ2n) is 11.0. The fourth-order valence-electron chi connectivity index (χ4n) is 5.49. The van der Waals surface area contributed by atoms with E-state index in [0.29, 0.717) is 37.8 Å². The zero-order valence-corrected chi connectivity index (χ0v) is 21.8. The van der Waals surface area contributed by atoms with Crippen LogP contribution in [0.4, 0.5) is 0 Å². The molecule has 0 unspecified atom stereocenters. The lowest BCUT2D eigenvalue weighted by atomic mass is 9.82. The Balaban J connectivity index is 1.40. The lowest BCUT2D eigenvalue weighted by molar-refractivity contribution is -0.124. The Morgan fingerprint density at radius 3 is 2.47 bits per heavy atom. The summed E-state index contributed by atoms with van der Waals surface area (Å²) in [6, 6.07) is 6.21. The SMILES string of the molecule is Cc1cc(CC(C)C)ccc1/C=C/S(=O)(=O)N1CCC2(CC1)N=C(C1CCC(C)CC1)NC2=O. The Morgan fingerprint density at radius 2 is 1.85 bits per heavy atom. The smallest absolute Gasteiger partial charge is 0.253 e. The fraction of sp³-hybridized carbons (Fsp3) is 0.630. The largest absolute Gasteiger partial charge is 0.312 e. The molecule has 0 radical (unpaired) electrons. The van der Waals surface area contributed by atoms with Crippen molar-refractivity contribution in [3.8, 4) is 0 Å². The first-order valence-electron chi connectivity index (χ1n) is 12.8. The third-order valence-corrected chi connectivity index (χ3v) is 9.27. The molecule has 2 fully saturated rings. The van der Waals surface area contributed by atoms with Gasteiger partial charge in [-0.15, -0.1) is 0 Å². The summed E-state index contributed by atoms with van der Waals surface area (Å²) in [5.41, 5.74) is 2.46. The number of amidine groups is 1. The van der Waals surface area contributed by atoms with Gasteiger partial charge in [-0.25, -0.2) is 8.42 Å². The van der Waals surface area contributed by atoms with Crippen LogP contribution in [0.5, 0.6) is 0 Å². The van der Waals surface area contributed by atoms with Crippen molar-refractivity contribution in [2.24, 2.45) is 22.7 Å². The van der Waals surface area contributed by atoms with Gasteiger partial charge in [0.25, 0.3) is 5.91 Å². The lowest BCUT2D eigenvalue weighted by Gasteiger charge is -2.34. The molecule has 186 valence electrons. The average molecular weight is 486 g/mol. The molecule has 2 heterocycles. The molecule has 6 nitrogen and oxygen atoms in total. The van der Waals surface area contributed by atoms with Gasteiger partial charge in [0.05, 0.1) is 0 Å². The van der Waals surface area contributed by atoms with E-state index in [-0.39, 0.29) is 5.91 Å². The first-order valence-corrected chi connectivity index (χ1v) is 14.3. The van der Waals surface area contributed by atoms with E-state index >= 15 is 0 Å². The van der Waals surface area contributed by atoms with E-state index in [4.69, 9.17) is 4.99 Å². The van der Waals surface area contributed by atoms with Crippen LogP contribution in [0, 0.1) is 24.7 Å². The third kappa shape index (κ3) is 5.46. The quantitative estimate of drug-likeness (QED) is 0.635. The van der Waals surface area contributed by atoms with Crippen molar-refractivity contribution in [2.45, 2.75) is 78.2 Å². The molecule has 3 aliphatic rings. The summed E-state index contributed by atoms with van der Waals surface area (Å²) in [4.78, 5) is 17.7. The van der Waals surface area contributed by atoms with E-state index < -0.39 is 15.6 Å². The molecular formula is C27H39N3O3S. The van der Waals surface area contributed by atoms with Crippen LogP contribution in [0.25, 0.3) is 6.08 Å². The molecule has 1 amide bonds. The van der Waals surface area contributed by atoms with Crippen molar-refractivity contribution in [1.82, 2.24) is 9.62 Å². The van der Waals surface area contributed by atoms with Crippen LogP contribution >= 0.6 is 0 Å². The van der Waals surface area contributed by atoms with Crippen molar-refractivity contribution in [3.63, 3.8) is 0 Å². The molecule has 1 spiro atoms. The van der Waals surface area contributed by atoms with E-state index in [9.17, 15) is 13.2 Å². The number of hydrogen-bond donors (Lipinski definition) is 1. The van der Waals surface area contributed by atoms with E-state index in [1.54, 1.807) is 6.08 Å². The molecule has 2 aliphatic heterocycles. The van der Waals surface area contributed by atoms with Crippen molar-refractivity contribution in [1.29, 1.82) is 0 Å². The highest BCUT2D eigenvalue weighted by Gasteiger charge is 2.48. The summed E-state index contributed by atoms with van der Waals surface area (Å²) in [5.74, 6) is 2.44. The van der Waals surface area contributed by atoms with Crippen LogP contribution in [-0.2, 0) is 21.2 Å². The van der Waals surface area contributed by atoms with Gasteiger partial charge in [0.2, 0.25) is 10.0 Å². The van der Waals surface area contributed by atoms with Crippen LogP contribution < -0.4 is 5.32 Å².